The van der Waals surface area contributed by atoms with Gasteiger partial charge in [0.1, 0.15) is 0 Å². The van der Waals surface area contributed by atoms with E-state index in [1.165, 1.54) is 12.5 Å². The Morgan fingerprint density at radius 2 is 2.44 bits per heavy atom. The van der Waals surface area contributed by atoms with Crippen molar-refractivity contribution in [3.8, 4) is 0 Å². The summed E-state index contributed by atoms with van der Waals surface area (Å²) >= 11 is 0. The predicted molar refractivity (Wildman–Crippen MR) is 65.4 cm³/mol. The molecule has 0 saturated carbocycles. The van der Waals surface area contributed by atoms with Gasteiger partial charge in [-0.2, -0.15) is 0 Å². The van der Waals surface area contributed by atoms with E-state index in [1.54, 1.807) is 0 Å². The van der Waals surface area contributed by atoms with Crippen molar-refractivity contribution in [2.24, 2.45) is 0 Å². The third-order valence-corrected chi connectivity index (χ3v) is 3.37. The van der Waals surface area contributed by atoms with Crippen LogP contribution in [0.15, 0.2) is 10.6 Å². The second-order valence-corrected chi connectivity index (χ2v) is 4.98. The van der Waals surface area contributed by atoms with Crippen LogP contribution < -0.4 is 0 Å². The predicted octanol–water partition coefficient (Wildman–Crippen LogP) is 0.899. The number of aromatic nitrogens is 1. The van der Waals surface area contributed by atoms with Crippen molar-refractivity contribution in [2.75, 3.05) is 27.2 Å². The van der Waals surface area contributed by atoms with Gasteiger partial charge in [0.2, 0.25) is 0 Å². The van der Waals surface area contributed by atoms with Crippen LogP contribution in [-0.2, 0) is 6.54 Å². The summed E-state index contributed by atoms with van der Waals surface area (Å²) < 4.78 is 5.04. The first-order valence-electron chi connectivity index (χ1n) is 6.14. The number of likely N-dealkylation sites (tertiary alicyclic amines) is 1. The molecular formula is C12H19N3O3. The monoisotopic (exact) mass is 253 g/mol. The van der Waals surface area contributed by atoms with Gasteiger partial charge in [-0.1, -0.05) is 5.16 Å². The Labute approximate surface area is 106 Å². The number of carboxylic acids is 1. The highest BCUT2D eigenvalue weighted by atomic mass is 16.5. The molecule has 1 N–H and O–H groups in total. The van der Waals surface area contributed by atoms with E-state index in [9.17, 15) is 4.79 Å². The van der Waals surface area contributed by atoms with E-state index >= 15 is 0 Å². The number of nitrogens with zero attached hydrogens (tertiary/aromatic N) is 3. The van der Waals surface area contributed by atoms with E-state index in [2.05, 4.69) is 29.1 Å². The molecule has 0 aromatic carbocycles. The van der Waals surface area contributed by atoms with Crippen LogP contribution in [-0.4, -0.2) is 59.3 Å². The minimum absolute atomic E-state index is 0.0221. The molecule has 2 heterocycles. The maximum Gasteiger partial charge on any atom is 0.358 e. The molecule has 0 amide bonds. The number of piperidine rings is 1. The summed E-state index contributed by atoms with van der Waals surface area (Å²) in [6.07, 6.45) is 2.36. The Bertz CT molecular complexity index is 416. The summed E-state index contributed by atoms with van der Waals surface area (Å²) in [4.78, 5) is 15.2. The van der Waals surface area contributed by atoms with Crippen molar-refractivity contribution in [3.63, 3.8) is 0 Å². The molecule has 0 aliphatic carbocycles. The number of aromatic carboxylic acids is 1. The summed E-state index contributed by atoms with van der Waals surface area (Å²) in [6, 6.07) is 2.06. The van der Waals surface area contributed by atoms with Gasteiger partial charge in [-0.15, -0.1) is 0 Å². The molecule has 6 heteroatoms. The lowest BCUT2D eigenvalue weighted by Crippen LogP contribution is -2.44. The van der Waals surface area contributed by atoms with E-state index < -0.39 is 5.97 Å². The fourth-order valence-corrected chi connectivity index (χ4v) is 2.30. The Morgan fingerprint density at radius 1 is 1.67 bits per heavy atom. The first kappa shape index (κ1) is 13.0. The quantitative estimate of drug-likeness (QED) is 0.859. The fraction of sp³-hybridized carbons (Fsp3) is 0.667. The summed E-state index contributed by atoms with van der Waals surface area (Å²) in [6.45, 7) is 2.63. The number of carboxylic acid groups (broad SMARTS) is 1. The van der Waals surface area contributed by atoms with Gasteiger partial charge in [-0.25, -0.2) is 4.79 Å². The number of hydrogen-bond acceptors (Lipinski definition) is 5. The zero-order chi connectivity index (χ0) is 13.1. The van der Waals surface area contributed by atoms with Gasteiger partial charge >= 0.3 is 5.97 Å². The van der Waals surface area contributed by atoms with Gasteiger partial charge in [0.15, 0.2) is 11.5 Å². The van der Waals surface area contributed by atoms with E-state index in [4.69, 9.17) is 9.63 Å². The highest BCUT2D eigenvalue weighted by Gasteiger charge is 2.22. The zero-order valence-electron chi connectivity index (χ0n) is 10.8. The summed E-state index contributed by atoms with van der Waals surface area (Å²) in [5.74, 6) is -0.429. The average molecular weight is 253 g/mol. The van der Waals surface area contributed by atoms with Crippen LogP contribution >= 0.6 is 0 Å². The van der Waals surface area contributed by atoms with Crippen LogP contribution in [0.2, 0.25) is 0 Å². The Kier molecular flexibility index (Phi) is 3.98. The standard InChI is InChI=1S/C12H19N3O3/c1-14(2)9-4-3-5-15(7-9)8-10-6-11(12(16)17)13-18-10/h6,9H,3-5,7-8H2,1-2H3,(H,16,17). The molecule has 0 spiro atoms. The molecule has 1 fully saturated rings. The van der Waals surface area contributed by atoms with Gasteiger partial charge in [-0.05, 0) is 33.5 Å². The maximum absolute atomic E-state index is 10.7. The lowest BCUT2D eigenvalue weighted by atomic mass is 10.0. The highest BCUT2D eigenvalue weighted by Crippen LogP contribution is 2.16. The van der Waals surface area contributed by atoms with Crippen molar-refractivity contribution in [3.05, 3.63) is 17.5 Å². The number of likely N-dealkylation sites (N-methyl/N-ethyl adjacent to an activating group) is 1. The second kappa shape index (κ2) is 5.49. The van der Waals surface area contributed by atoms with Crippen LogP contribution in [0.5, 0.6) is 0 Å². The smallest absolute Gasteiger partial charge is 0.358 e. The summed E-state index contributed by atoms with van der Waals surface area (Å²) in [5, 5.41) is 12.3. The lowest BCUT2D eigenvalue weighted by Gasteiger charge is -2.35. The highest BCUT2D eigenvalue weighted by molar-refractivity contribution is 5.85. The molecule has 1 saturated heterocycles. The second-order valence-electron chi connectivity index (χ2n) is 4.98. The molecule has 1 atom stereocenters. The molecule has 100 valence electrons. The number of rotatable bonds is 4. The van der Waals surface area contributed by atoms with Crippen LogP contribution in [0.3, 0.4) is 0 Å². The van der Waals surface area contributed by atoms with Gasteiger partial charge in [0.25, 0.3) is 0 Å². The van der Waals surface area contributed by atoms with Gasteiger partial charge in [0, 0.05) is 18.7 Å². The van der Waals surface area contributed by atoms with E-state index in [0.717, 1.165) is 19.5 Å². The Hall–Kier alpha value is -1.40. The topological polar surface area (TPSA) is 69.8 Å². The molecule has 0 bridgehead atoms. The lowest BCUT2D eigenvalue weighted by molar-refractivity contribution is 0.0685. The Balaban J connectivity index is 1.94. The van der Waals surface area contributed by atoms with Crippen LogP contribution in [0.4, 0.5) is 0 Å². The van der Waals surface area contributed by atoms with Crippen LogP contribution in [0.25, 0.3) is 0 Å². The summed E-state index contributed by atoms with van der Waals surface area (Å²) in [5.41, 5.74) is -0.0221. The van der Waals surface area contributed by atoms with Crippen LogP contribution in [0.1, 0.15) is 29.1 Å². The normalized spacial score (nSPS) is 21.4. The summed E-state index contributed by atoms with van der Waals surface area (Å²) in [7, 11) is 4.18. The van der Waals surface area contributed by atoms with Crippen molar-refractivity contribution in [1.29, 1.82) is 0 Å². The van der Waals surface area contributed by atoms with Gasteiger partial charge < -0.3 is 14.5 Å². The van der Waals surface area contributed by atoms with E-state index in [-0.39, 0.29) is 5.69 Å². The van der Waals surface area contributed by atoms with Crippen molar-refractivity contribution < 1.29 is 14.4 Å². The van der Waals surface area contributed by atoms with Crippen molar-refractivity contribution in [1.82, 2.24) is 15.0 Å². The van der Waals surface area contributed by atoms with Crippen molar-refractivity contribution >= 4 is 5.97 Å². The average Bonchev–Trinajstić information content (AvgIpc) is 2.78. The minimum atomic E-state index is -1.05. The van der Waals surface area contributed by atoms with E-state index in [1.807, 2.05) is 0 Å². The third kappa shape index (κ3) is 3.08. The molecule has 1 aliphatic heterocycles. The largest absolute Gasteiger partial charge is 0.476 e. The molecule has 1 aromatic heterocycles. The Morgan fingerprint density at radius 3 is 3.06 bits per heavy atom. The van der Waals surface area contributed by atoms with Crippen LogP contribution in [0, 0.1) is 0 Å². The first-order valence-corrected chi connectivity index (χ1v) is 6.14. The molecule has 1 aliphatic rings. The molecule has 18 heavy (non-hydrogen) atoms. The fourth-order valence-electron chi connectivity index (χ4n) is 2.30. The zero-order valence-corrected chi connectivity index (χ0v) is 10.8. The van der Waals surface area contributed by atoms with Gasteiger partial charge in [0.05, 0.1) is 6.54 Å². The molecule has 2 rings (SSSR count). The van der Waals surface area contributed by atoms with Gasteiger partial charge in [-0.3, -0.25) is 4.90 Å². The van der Waals surface area contributed by atoms with Crippen molar-refractivity contribution in [2.45, 2.75) is 25.4 Å². The molecule has 6 nitrogen and oxygen atoms in total. The van der Waals surface area contributed by atoms with E-state index in [0.29, 0.717) is 18.3 Å². The molecule has 1 aromatic rings. The minimum Gasteiger partial charge on any atom is -0.476 e. The SMILES string of the molecule is CN(C)C1CCCN(Cc2cc(C(=O)O)no2)C1. The number of carbonyl (C=O) groups is 1. The third-order valence-electron chi connectivity index (χ3n) is 3.37. The number of hydrogen-bond donors (Lipinski definition) is 1. The molecule has 0 radical (unpaired) electrons. The first-order chi connectivity index (χ1) is 8.56. The molecular weight excluding hydrogens is 234 g/mol. The molecule has 1 unspecified atom stereocenters. The maximum atomic E-state index is 10.7.